The van der Waals surface area contributed by atoms with Crippen molar-refractivity contribution in [3.8, 4) is 5.75 Å². The molecule has 0 heterocycles. The third-order valence-corrected chi connectivity index (χ3v) is 6.94. The number of hydrogen-bond donors (Lipinski definition) is 2. The van der Waals surface area contributed by atoms with E-state index in [0.717, 1.165) is 25.7 Å². The number of anilines is 1. The molecule has 1 fully saturated rings. The van der Waals surface area contributed by atoms with E-state index in [0.29, 0.717) is 18.0 Å². The highest BCUT2D eigenvalue weighted by Gasteiger charge is 2.24. The molecule has 0 aromatic heterocycles. The Bertz CT molecular complexity index is 1060. The lowest BCUT2D eigenvalue weighted by atomic mass is 10.2. The molecule has 0 aliphatic heterocycles. The topological polar surface area (TPSA) is 105 Å². The lowest BCUT2D eigenvalue weighted by Crippen LogP contribution is -2.38. The lowest BCUT2D eigenvalue weighted by molar-refractivity contribution is -0.116. The van der Waals surface area contributed by atoms with E-state index >= 15 is 0 Å². The maximum Gasteiger partial charge on any atom is 0.254 e. The smallest absolute Gasteiger partial charge is 0.254 e. The molecule has 2 aromatic carbocycles. The summed E-state index contributed by atoms with van der Waals surface area (Å²) in [5.41, 5.74) is 0.777. The number of nitrogens with zero attached hydrogens (tertiary/aromatic N) is 1. The Labute approximate surface area is 189 Å². The molecule has 0 saturated heterocycles. The van der Waals surface area contributed by atoms with E-state index in [2.05, 4.69) is 10.0 Å². The molecule has 1 saturated carbocycles. The number of benzene rings is 2. The number of nitrogens with one attached hydrogen (secondary N) is 2. The van der Waals surface area contributed by atoms with Crippen LogP contribution in [0.1, 0.15) is 43.0 Å². The van der Waals surface area contributed by atoms with Crippen molar-refractivity contribution in [3.05, 3.63) is 54.1 Å². The van der Waals surface area contributed by atoms with Gasteiger partial charge in [-0.25, -0.2) is 13.1 Å². The van der Waals surface area contributed by atoms with Gasteiger partial charge in [-0.15, -0.1) is 0 Å². The molecular formula is C23H29N3O5S. The minimum atomic E-state index is -3.71. The van der Waals surface area contributed by atoms with Gasteiger partial charge in [-0.05, 0) is 50.1 Å². The van der Waals surface area contributed by atoms with Crippen LogP contribution in [0.25, 0.3) is 0 Å². The van der Waals surface area contributed by atoms with Gasteiger partial charge >= 0.3 is 0 Å². The van der Waals surface area contributed by atoms with Crippen LogP contribution in [-0.4, -0.2) is 51.4 Å². The van der Waals surface area contributed by atoms with Crippen LogP contribution in [0.2, 0.25) is 0 Å². The summed E-state index contributed by atoms with van der Waals surface area (Å²) in [5, 5.41) is 2.75. The Kier molecular flexibility index (Phi) is 7.87. The third kappa shape index (κ3) is 6.08. The van der Waals surface area contributed by atoms with E-state index in [-0.39, 0.29) is 29.0 Å². The van der Waals surface area contributed by atoms with Crippen LogP contribution in [0.15, 0.2) is 53.4 Å². The molecule has 8 nitrogen and oxygen atoms in total. The Hall–Kier alpha value is -2.91. The fourth-order valence-corrected chi connectivity index (χ4v) is 5.06. The number of carbonyl (C=O) groups excluding carboxylic acids is 2. The van der Waals surface area contributed by atoms with Gasteiger partial charge in [0.15, 0.2) is 0 Å². The van der Waals surface area contributed by atoms with Crippen molar-refractivity contribution in [1.29, 1.82) is 0 Å². The first kappa shape index (κ1) is 23.7. The number of rotatable bonds is 9. The standard InChI is InChI=1S/C23H29N3O5S/c1-3-26(16-22(27)24-19-11-7-12-20(15-19)31-2)23(28)17-8-6-13-21(14-17)32(29,30)25-18-9-4-5-10-18/h6-8,11-15,18,25H,3-5,9-10,16H2,1-2H3,(H,24,27). The fraction of sp³-hybridized carbons (Fsp3) is 0.391. The van der Waals surface area contributed by atoms with Crippen LogP contribution < -0.4 is 14.8 Å². The molecule has 1 aliphatic rings. The summed E-state index contributed by atoms with van der Waals surface area (Å²) in [6, 6.07) is 12.8. The van der Waals surface area contributed by atoms with Gasteiger partial charge < -0.3 is 15.0 Å². The van der Waals surface area contributed by atoms with E-state index < -0.39 is 15.9 Å². The van der Waals surface area contributed by atoms with Crippen molar-refractivity contribution < 1.29 is 22.7 Å². The summed E-state index contributed by atoms with van der Waals surface area (Å²) in [7, 11) is -2.18. The number of methoxy groups -OCH3 is 1. The number of carbonyl (C=O) groups is 2. The van der Waals surface area contributed by atoms with Crippen molar-refractivity contribution in [2.24, 2.45) is 0 Å². The first-order valence-electron chi connectivity index (χ1n) is 10.7. The predicted molar refractivity (Wildman–Crippen MR) is 122 cm³/mol. The van der Waals surface area contributed by atoms with Crippen LogP contribution in [0.4, 0.5) is 5.69 Å². The quantitative estimate of drug-likeness (QED) is 0.600. The van der Waals surface area contributed by atoms with Crippen molar-refractivity contribution >= 4 is 27.5 Å². The van der Waals surface area contributed by atoms with E-state index in [1.54, 1.807) is 43.3 Å². The Morgan fingerprint density at radius 1 is 1.09 bits per heavy atom. The van der Waals surface area contributed by atoms with Crippen LogP contribution in [-0.2, 0) is 14.8 Å². The van der Waals surface area contributed by atoms with Gasteiger partial charge in [-0.1, -0.05) is 25.0 Å². The van der Waals surface area contributed by atoms with Crippen LogP contribution in [0.5, 0.6) is 5.75 Å². The van der Waals surface area contributed by atoms with Crippen LogP contribution in [0.3, 0.4) is 0 Å². The maximum atomic E-state index is 13.0. The highest BCUT2D eigenvalue weighted by atomic mass is 32.2. The van der Waals surface area contributed by atoms with Crippen molar-refractivity contribution in [2.45, 2.75) is 43.5 Å². The fourth-order valence-electron chi connectivity index (χ4n) is 3.71. The van der Waals surface area contributed by atoms with Gasteiger partial charge in [0.05, 0.1) is 12.0 Å². The largest absolute Gasteiger partial charge is 0.497 e. The molecule has 172 valence electrons. The molecule has 2 aromatic rings. The van der Waals surface area contributed by atoms with E-state index in [1.165, 1.54) is 24.1 Å². The molecule has 2 amide bonds. The van der Waals surface area contributed by atoms with Gasteiger partial charge in [0, 0.05) is 29.9 Å². The Morgan fingerprint density at radius 3 is 2.50 bits per heavy atom. The third-order valence-electron chi connectivity index (χ3n) is 5.43. The molecule has 2 N–H and O–H groups in total. The normalized spacial score (nSPS) is 14.2. The highest BCUT2D eigenvalue weighted by molar-refractivity contribution is 7.89. The molecule has 0 atom stereocenters. The molecule has 0 spiro atoms. The van der Waals surface area contributed by atoms with Gasteiger partial charge in [0.2, 0.25) is 15.9 Å². The van der Waals surface area contributed by atoms with E-state index in [9.17, 15) is 18.0 Å². The Balaban J connectivity index is 1.69. The van der Waals surface area contributed by atoms with Crippen LogP contribution in [0, 0.1) is 0 Å². The van der Waals surface area contributed by atoms with Crippen LogP contribution >= 0.6 is 0 Å². The number of amides is 2. The summed E-state index contributed by atoms with van der Waals surface area (Å²) in [6.45, 7) is 1.89. The Morgan fingerprint density at radius 2 is 1.81 bits per heavy atom. The molecular weight excluding hydrogens is 430 g/mol. The zero-order valence-electron chi connectivity index (χ0n) is 18.3. The van der Waals surface area contributed by atoms with Gasteiger partial charge in [-0.2, -0.15) is 0 Å². The number of sulfonamides is 1. The highest BCUT2D eigenvalue weighted by Crippen LogP contribution is 2.21. The molecule has 9 heteroatoms. The number of hydrogen-bond acceptors (Lipinski definition) is 5. The van der Waals surface area contributed by atoms with E-state index in [1.807, 2.05) is 0 Å². The monoisotopic (exact) mass is 459 g/mol. The molecule has 1 aliphatic carbocycles. The van der Waals surface area contributed by atoms with Gasteiger partial charge in [0.1, 0.15) is 12.3 Å². The second-order valence-electron chi connectivity index (χ2n) is 7.73. The summed E-state index contributed by atoms with van der Waals surface area (Å²) in [5.74, 6) is -0.165. The molecule has 0 bridgehead atoms. The second kappa shape index (κ2) is 10.6. The number of likely N-dealkylation sites (N-methyl/N-ethyl adjacent to an activating group) is 1. The lowest BCUT2D eigenvalue weighted by Gasteiger charge is -2.21. The average molecular weight is 460 g/mol. The average Bonchev–Trinajstić information content (AvgIpc) is 3.29. The van der Waals surface area contributed by atoms with E-state index in [4.69, 9.17) is 4.74 Å². The van der Waals surface area contributed by atoms with Gasteiger partial charge in [-0.3, -0.25) is 9.59 Å². The zero-order chi connectivity index (χ0) is 23.1. The predicted octanol–water partition coefficient (Wildman–Crippen LogP) is 3.02. The maximum absolute atomic E-state index is 13.0. The minimum absolute atomic E-state index is 0.0483. The summed E-state index contributed by atoms with van der Waals surface area (Å²) in [4.78, 5) is 26.9. The second-order valence-corrected chi connectivity index (χ2v) is 9.44. The summed E-state index contributed by atoms with van der Waals surface area (Å²) in [6.07, 6.45) is 3.66. The van der Waals surface area contributed by atoms with Crippen molar-refractivity contribution in [3.63, 3.8) is 0 Å². The van der Waals surface area contributed by atoms with Crippen molar-refractivity contribution in [1.82, 2.24) is 9.62 Å². The summed E-state index contributed by atoms with van der Waals surface area (Å²) >= 11 is 0. The van der Waals surface area contributed by atoms with Gasteiger partial charge in [0.25, 0.3) is 5.91 Å². The number of ether oxygens (including phenoxy) is 1. The first-order valence-corrected chi connectivity index (χ1v) is 12.2. The molecule has 0 radical (unpaired) electrons. The minimum Gasteiger partial charge on any atom is -0.497 e. The molecule has 3 rings (SSSR count). The summed E-state index contributed by atoms with van der Waals surface area (Å²) < 4.78 is 33.3. The molecule has 32 heavy (non-hydrogen) atoms. The van der Waals surface area contributed by atoms with Crippen molar-refractivity contribution in [2.75, 3.05) is 25.5 Å². The zero-order valence-corrected chi connectivity index (χ0v) is 19.2. The SMILES string of the molecule is CCN(CC(=O)Nc1cccc(OC)c1)C(=O)c1cccc(S(=O)(=O)NC2CCCC2)c1. The first-order chi connectivity index (χ1) is 15.3. The molecule has 0 unspecified atom stereocenters.